The summed E-state index contributed by atoms with van der Waals surface area (Å²) in [4.78, 5) is 11.4. The Kier molecular flexibility index (Phi) is 4.83. The van der Waals surface area contributed by atoms with Gasteiger partial charge in [-0.25, -0.2) is 0 Å². The highest BCUT2D eigenvalue weighted by Crippen LogP contribution is 2.22. The van der Waals surface area contributed by atoms with Crippen molar-refractivity contribution in [2.24, 2.45) is 0 Å². The normalized spacial score (nSPS) is 12.4. The second-order valence-corrected chi connectivity index (χ2v) is 5.30. The third-order valence-electron chi connectivity index (χ3n) is 1.77. The standard InChI is InChI=1S/C8H14N4OS2/c1-3-5(2)10-6(13)4-14-8-12-11-7(9)15-8/h5H,3-4H2,1-2H3,(H2,9,11)(H,10,13). The lowest BCUT2D eigenvalue weighted by Gasteiger charge is -2.09. The summed E-state index contributed by atoms with van der Waals surface area (Å²) in [6.07, 6.45) is 0.933. The number of carbonyl (C=O) groups excluding carboxylic acids is 1. The first-order valence-corrected chi connectivity index (χ1v) is 6.43. The van der Waals surface area contributed by atoms with Crippen molar-refractivity contribution in [2.45, 2.75) is 30.6 Å². The van der Waals surface area contributed by atoms with Crippen molar-refractivity contribution in [2.75, 3.05) is 11.5 Å². The second-order valence-electron chi connectivity index (χ2n) is 3.07. The Labute approximate surface area is 96.8 Å². The molecule has 1 atom stereocenters. The van der Waals surface area contributed by atoms with Crippen LogP contribution in [0.25, 0.3) is 0 Å². The van der Waals surface area contributed by atoms with Gasteiger partial charge in [0.05, 0.1) is 5.75 Å². The van der Waals surface area contributed by atoms with Gasteiger partial charge in [-0.2, -0.15) is 0 Å². The molecule has 1 heterocycles. The van der Waals surface area contributed by atoms with Crippen molar-refractivity contribution >= 4 is 34.1 Å². The molecular weight excluding hydrogens is 232 g/mol. The molecule has 0 saturated heterocycles. The summed E-state index contributed by atoms with van der Waals surface area (Å²) in [6.45, 7) is 4.01. The van der Waals surface area contributed by atoms with Crippen molar-refractivity contribution in [1.82, 2.24) is 15.5 Å². The van der Waals surface area contributed by atoms with Gasteiger partial charge in [-0.15, -0.1) is 10.2 Å². The molecule has 5 nitrogen and oxygen atoms in total. The fourth-order valence-electron chi connectivity index (χ4n) is 0.825. The highest BCUT2D eigenvalue weighted by molar-refractivity contribution is 8.01. The fraction of sp³-hybridized carbons (Fsp3) is 0.625. The van der Waals surface area contributed by atoms with E-state index >= 15 is 0 Å². The number of carbonyl (C=O) groups is 1. The molecule has 0 fully saturated rings. The summed E-state index contributed by atoms with van der Waals surface area (Å²) in [7, 11) is 0. The van der Waals surface area contributed by atoms with Gasteiger partial charge in [0.2, 0.25) is 11.0 Å². The van der Waals surface area contributed by atoms with Gasteiger partial charge in [0.25, 0.3) is 0 Å². The molecule has 1 aromatic rings. The van der Waals surface area contributed by atoms with Gasteiger partial charge in [0.15, 0.2) is 4.34 Å². The second kappa shape index (κ2) is 5.92. The SMILES string of the molecule is CCC(C)NC(=O)CSc1nnc(N)s1. The average Bonchev–Trinajstić information content (AvgIpc) is 2.61. The van der Waals surface area contributed by atoms with Crippen LogP contribution in [0.2, 0.25) is 0 Å². The van der Waals surface area contributed by atoms with Crippen molar-refractivity contribution in [3.8, 4) is 0 Å². The molecular formula is C8H14N4OS2. The minimum Gasteiger partial charge on any atom is -0.374 e. The lowest BCUT2D eigenvalue weighted by atomic mass is 10.3. The van der Waals surface area contributed by atoms with E-state index < -0.39 is 0 Å². The zero-order valence-electron chi connectivity index (χ0n) is 8.69. The summed E-state index contributed by atoms with van der Waals surface area (Å²) in [5.41, 5.74) is 5.42. The highest BCUT2D eigenvalue weighted by Gasteiger charge is 2.08. The summed E-state index contributed by atoms with van der Waals surface area (Å²) >= 11 is 2.65. The van der Waals surface area contributed by atoms with E-state index in [0.717, 1.165) is 10.8 Å². The van der Waals surface area contributed by atoms with Gasteiger partial charge in [-0.05, 0) is 13.3 Å². The molecule has 0 aromatic carbocycles. The summed E-state index contributed by atoms with van der Waals surface area (Å²) in [5.74, 6) is 0.377. The Bertz CT molecular complexity index is 328. The Morgan fingerprint density at radius 3 is 2.93 bits per heavy atom. The average molecular weight is 246 g/mol. The summed E-state index contributed by atoms with van der Waals surface area (Å²) in [5, 5.41) is 10.8. The van der Waals surface area contributed by atoms with Crippen LogP contribution in [-0.4, -0.2) is 27.9 Å². The predicted molar refractivity (Wildman–Crippen MR) is 62.9 cm³/mol. The number of thioether (sulfide) groups is 1. The number of nitrogens with zero attached hydrogens (tertiary/aromatic N) is 2. The van der Waals surface area contributed by atoms with Crippen LogP contribution in [-0.2, 0) is 4.79 Å². The quantitative estimate of drug-likeness (QED) is 0.761. The van der Waals surface area contributed by atoms with Crippen LogP contribution in [0.1, 0.15) is 20.3 Å². The molecule has 0 spiro atoms. The lowest BCUT2D eigenvalue weighted by molar-refractivity contribution is -0.119. The number of amides is 1. The van der Waals surface area contributed by atoms with Gasteiger partial charge in [-0.1, -0.05) is 30.0 Å². The van der Waals surface area contributed by atoms with E-state index in [4.69, 9.17) is 5.73 Å². The Balaban J connectivity index is 2.28. The highest BCUT2D eigenvalue weighted by atomic mass is 32.2. The number of nitrogens with one attached hydrogen (secondary N) is 1. The van der Waals surface area contributed by atoms with Crippen LogP contribution in [0.15, 0.2) is 4.34 Å². The Hall–Kier alpha value is -0.820. The zero-order chi connectivity index (χ0) is 11.3. The largest absolute Gasteiger partial charge is 0.374 e. The Morgan fingerprint density at radius 2 is 2.40 bits per heavy atom. The van der Waals surface area contributed by atoms with E-state index in [1.807, 2.05) is 13.8 Å². The molecule has 0 aliphatic heterocycles. The van der Waals surface area contributed by atoms with Crippen molar-refractivity contribution in [1.29, 1.82) is 0 Å². The molecule has 0 radical (unpaired) electrons. The molecule has 1 amide bonds. The van der Waals surface area contributed by atoms with Gasteiger partial charge in [0.1, 0.15) is 0 Å². The predicted octanol–water partition coefficient (Wildman–Crippen LogP) is 1.13. The number of hydrogen-bond acceptors (Lipinski definition) is 6. The monoisotopic (exact) mass is 246 g/mol. The van der Waals surface area contributed by atoms with Crippen molar-refractivity contribution in [3.05, 3.63) is 0 Å². The van der Waals surface area contributed by atoms with Crippen LogP contribution < -0.4 is 11.1 Å². The van der Waals surface area contributed by atoms with Crippen LogP contribution in [0.3, 0.4) is 0 Å². The van der Waals surface area contributed by atoms with Crippen molar-refractivity contribution < 1.29 is 4.79 Å². The third kappa shape index (κ3) is 4.48. The van der Waals surface area contributed by atoms with Gasteiger partial charge >= 0.3 is 0 Å². The van der Waals surface area contributed by atoms with Gasteiger partial charge in [-0.3, -0.25) is 4.79 Å². The maximum Gasteiger partial charge on any atom is 0.230 e. The zero-order valence-corrected chi connectivity index (χ0v) is 10.3. The van der Waals surface area contributed by atoms with E-state index in [1.165, 1.54) is 23.1 Å². The number of anilines is 1. The van der Waals surface area contributed by atoms with Crippen LogP contribution in [0, 0.1) is 0 Å². The van der Waals surface area contributed by atoms with Crippen LogP contribution in [0.5, 0.6) is 0 Å². The third-order valence-corrected chi connectivity index (χ3v) is 3.65. The Morgan fingerprint density at radius 1 is 1.67 bits per heavy atom. The minimum atomic E-state index is 0.0168. The van der Waals surface area contributed by atoms with E-state index in [-0.39, 0.29) is 11.9 Å². The number of aromatic nitrogens is 2. The topological polar surface area (TPSA) is 80.9 Å². The molecule has 1 unspecified atom stereocenters. The van der Waals surface area contributed by atoms with E-state index in [9.17, 15) is 4.79 Å². The fourth-order valence-corrected chi connectivity index (χ4v) is 2.27. The summed E-state index contributed by atoms with van der Waals surface area (Å²) < 4.78 is 0.729. The molecule has 84 valence electrons. The molecule has 0 bridgehead atoms. The molecule has 3 N–H and O–H groups in total. The maximum atomic E-state index is 11.4. The minimum absolute atomic E-state index is 0.0168. The first kappa shape index (κ1) is 12.3. The number of rotatable bonds is 5. The summed E-state index contributed by atoms with van der Waals surface area (Å²) in [6, 6.07) is 0.220. The van der Waals surface area contributed by atoms with Gasteiger partial charge in [0, 0.05) is 6.04 Å². The van der Waals surface area contributed by atoms with E-state index in [2.05, 4.69) is 15.5 Å². The van der Waals surface area contributed by atoms with E-state index in [0.29, 0.717) is 10.9 Å². The van der Waals surface area contributed by atoms with Crippen LogP contribution >= 0.6 is 23.1 Å². The molecule has 7 heteroatoms. The van der Waals surface area contributed by atoms with Gasteiger partial charge < -0.3 is 11.1 Å². The first-order valence-electron chi connectivity index (χ1n) is 4.63. The van der Waals surface area contributed by atoms with Crippen LogP contribution in [0.4, 0.5) is 5.13 Å². The molecule has 0 aliphatic carbocycles. The number of nitrogens with two attached hydrogens (primary N) is 1. The first-order chi connectivity index (χ1) is 7.11. The van der Waals surface area contributed by atoms with Crippen molar-refractivity contribution in [3.63, 3.8) is 0 Å². The molecule has 0 saturated carbocycles. The number of nitrogen functional groups attached to an aromatic ring is 1. The molecule has 1 aromatic heterocycles. The molecule has 1 rings (SSSR count). The smallest absolute Gasteiger partial charge is 0.230 e. The molecule has 15 heavy (non-hydrogen) atoms. The maximum absolute atomic E-state index is 11.4. The lowest BCUT2D eigenvalue weighted by Crippen LogP contribution is -2.33. The number of hydrogen-bond donors (Lipinski definition) is 2. The molecule has 0 aliphatic rings. The van der Waals surface area contributed by atoms with E-state index in [1.54, 1.807) is 0 Å².